The summed E-state index contributed by atoms with van der Waals surface area (Å²) in [6.45, 7) is 0.828. The highest BCUT2D eigenvalue weighted by Gasteiger charge is 2.35. The van der Waals surface area contributed by atoms with Crippen molar-refractivity contribution in [1.82, 2.24) is 9.80 Å². The Morgan fingerprint density at radius 1 is 1.23 bits per heavy atom. The first-order chi connectivity index (χ1) is 12.4. The van der Waals surface area contributed by atoms with Crippen LogP contribution in [0.1, 0.15) is 15.9 Å². The van der Waals surface area contributed by atoms with Crippen molar-refractivity contribution in [2.24, 2.45) is 0 Å². The molecule has 2 aromatic carbocycles. The van der Waals surface area contributed by atoms with E-state index in [1.165, 1.54) is 0 Å². The van der Waals surface area contributed by atoms with Crippen LogP contribution in [0.25, 0.3) is 11.1 Å². The molecule has 0 unspecified atom stereocenters. The second kappa shape index (κ2) is 7.46. The number of carbonyl (C=O) groups excluding carboxylic acids is 1. The fraction of sp³-hybridized carbons (Fsp3) is 0.300. The third-order valence-corrected chi connectivity index (χ3v) is 5.05. The number of nitriles is 1. The number of halogens is 1. The molecule has 1 N–H and O–H groups in total. The summed E-state index contributed by atoms with van der Waals surface area (Å²) in [6.07, 6.45) is -0.547. The first-order valence-corrected chi connectivity index (χ1v) is 8.72. The lowest BCUT2D eigenvalue weighted by Crippen LogP contribution is -2.38. The van der Waals surface area contributed by atoms with E-state index in [4.69, 9.17) is 16.9 Å². The van der Waals surface area contributed by atoms with Gasteiger partial charge in [0.1, 0.15) is 6.07 Å². The van der Waals surface area contributed by atoms with Crippen molar-refractivity contribution < 1.29 is 9.90 Å². The standard InChI is InChI=1S/C20H20ClN3O2/c1-23(2)18-11-24(12-19(18)25)20(26)15-5-3-4-13(8-15)14-6-7-16(10-22)17(21)9-14/h3-9,18-19,25H,11-12H2,1-2H3/t18-,19-/m0/s1. The summed E-state index contributed by atoms with van der Waals surface area (Å²) in [7, 11) is 3.80. The summed E-state index contributed by atoms with van der Waals surface area (Å²) < 4.78 is 0. The predicted octanol–water partition coefficient (Wildman–Crippen LogP) is 2.63. The number of hydrogen-bond acceptors (Lipinski definition) is 4. The van der Waals surface area contributed by atoms with E-state index in [2.05, 4.69) is 0 Å². The molecule has 134 valence electrons. The van der Waals surface area contributed by atoms with Crippen LogP contribution in [-0.2, 0) is 0 Å². The van der Waals surface area contributed by atoms with Gasteiger partial charge in [-0.15, -0.1) is 0 Å². The van der Waals surface area contributed by atoms with Gasteiger partial charge in [0.15, 0.2) is 0 Å². The number of likely N-dealkylation sites (N-methyl/N-ethyl adjacent to an activating group) is 1. The normalized spacial score (nSPS) is 19.6. The van der Waals surface area contributed by atoms with E-state index < -0.39 is 6.10 Å². The van der Waals surface area contributed by atoms with Crippen molar-refractivity contribution in [3.63, 3.8) is 0 Å². The molecule has 0 radical (unpaired) electrons. The van der Waals surface area contributed by atoms with Crippen molar-refractivity contribution in [2.45, 2.75) is 12.1 Å². The molecule has 6 heteroatoms. The number of aliphatic hydroxyl groups is 1. The molecule has 3 rings (SSSR count). The molecular weight excluding hydrogens is 350 g/mol. The fourth-order valence-electron chi connectivity index (χ4n) is 3.24. The first kappa shape index (κ1) is 18.4. The maximum atomic E-state index is 12.8. The molecule has 0 aliphatic carbocycles. The molecule has 5 nitrogen and oxygen atoms in total. The van der Waals surface area contributed by atoms with Gasteiger partial charge in [-0.2, -0.15) is 5.26 Å². The monoisotopic (exact) mass is 369 g/mol. The van der Waals surface area contributed by atoms with Crippen LogP contribution in [-0.4, -0.2) is 60.1 Å². The quantitative estimate of drug-likeness (QED) is 0.903. The minimum atomic E-state index is -0.547. The Morgan fingerprint density at radius 2 is 1.96 bits per heavy atom. The van der Waals surface area contributed by atoms with Gasteiger partial charge in [0.25, 0.3) is 5.91 Å². The van der Waals surface area contributed by atoms with Crippen LogP contribution in [0.4, 0.5) is 0 Å². The summed E-state index contributed by atoms with van der Waals surface area (Å²) in [4.78, 5) is 16.5. The van der Waals surface area contributed by atoms with Gasteiger partial charge in [-0.3, -0.25) is 4.79 Å². The number of benzene rings is 2. The number of nitrogens with zero attached hydrogens (tertiary/aromatic N) is 3. The Balaban J connectivity index is 1.85. The molecular formula is C20H20ClN3O2. The van der Waals surface area contributed by atoms with Gasteiger partial charge in [-0.05, 0) is 49.5 Å². The van der Waals surface area contributed by atoms with Crippen molar-refractivity contribution in [1.29, 1.82) is 5.26 Å². The van der Waals surface area contributed by atoms with E-state index in [1.54, 1.807) is 23.1 Å². The molecule has 0 bridgehead atoms. The molecule has 1 aliphatic heterocycles. The highest BCUT2D eigenvalue weighted by atomic mass is 35.5. The zero-order chi connectivity index (χ0) is 18.8. The number of carbonyl (C=O) groups is 1. The minimum Gasteiger partial charge on any atom is -0.390 e. The van der Waals surface area contributed by atoms with Crippen LogP contribution < -0.4 is 0 Å². The molecule has 26 heavy (non-hydrogen) atoms. The number of aliphatic hydroxyl groups excluding tert-OH is 1. The third-order valence-electron chi connectivity index (χ3n) is 4.74. The summed E-state index contributed by atoms with van der Waals surface area (Å²) >= 11 is 6.12. The largest absolute Gasteiger partial charge is 0.390 e. The van der Waals surface area contributed by atoms with Gasteiger partial charge in [-0.25, -0.2) is 0 Å². The number of β-amino-alcohol motifs (C(OH)–C–C–N with tert-alkyl or cyclic N) is 1. The molecule has 2 atom stereocenters. The first-order valence-electron chi connectivity index (χ1n) is 8.34. The molecule has 0 saturated carbocycles. The van der Waals surface area contributed by atoms with Crippen LogP contribution in [0, 0.1) is 11.3 Å². The maximum absolute atomic E-state index is 12.8. The number of amides is 1. The molecule has 1 fully saturated rings. The number of likely N-dealkylation sites (tertiary alicyclic amines) is 1. The lowest BCUT2D eigenvalue weighted by atomic mass is 10.0. The number of hydrogen-bond donors (Lipinski definition) is 1. The van der Waals surface area contributed by atoms with E-state index in [0.717, 1.165) is 11.1 Å². The van der Waals surface area contributed by atoms with Crippen molar-refractivity contribution in [3.8, 4) is 17.2 Å². The van der Waals surface area contributed by atoms with Gasteiger partial charge in [0.05, 0.1) is 22.7 Å². The van der Waals surface area contributed by atoms with Gasteiger partial charge in [0.2, 0.25) is 0 Å². The van der Waals surface area contributed by atoms with Gasteiger partial charge in [0, 0.05) is 18.7 Å². The number of rotatable bonds is 3. The van der Waals surface area contributed by atoms with Crippen molar-refractivity contribution in [3.05, 3.63) is 58.6 Å². The van der Waals surface area contributed by atoms with Gasteiger partial charge >= 0.3 is 0 Å². The molecule has 1 aliphatic rings. The highest BCUT2D eigenvalue weighted by Crippen LogP contribution is 2.27. The van der Waals surface area contributed by atoms with Crippen LogP contribution in [0.15, 0.2) is 42.5 Å². The lowest BCUT2D eigenvalue weighted by Gasteiger charge is -2.21. The Labute approximate surface area is 158 Å². The van der Waals surface area contributed by atoms with Crippen molar-refractivity contribution >= 4 is 17.5 Å². The van der Waals surface area contributed by atoms with Gasteiger partial charge in [-0.1, -0.05) is 29.8 Å². The zero-order valence-electron chi connectivity index (χ0n) is 14.7. The second-order valence-corrected chi connectivity index (χ2v) is 7.10. The smallest absolute Gasteiger partial charge is 0.254 e. The Morgan fingerprint density at radius 3 is 2.58 bits per heavy atom. The van der Waals surface area contributed by atoms with E-state index in [9.17, 15) is 9.90 Å². The highest BCUT2D eigenvalue weighted by molar-refractivity contribution is 6.32. The SMILES string of the molecule is CN(C)[C@H]1CN(C(=O)c2cccc(-c3ccc(C#N)c(Cl)c3)c2)C[C@@H]1O. The molecule has 0 aromatic heterocycles. The molecule has 1 saturated heterocycles. The summed E-state index contributed by atoms with van der Waals surface area (Å²) in [5.74, 6) is -0.102. The minimum absolute atomic E-state index is 0.0561. The second-order valence-electron chi connectivity index (χ2n) is 6.70. The topological polar surface area (TPSA) is 67.6 Å². The third kappa shape index (κ3) is 3.58. The van der Waals surface area contributed by atoms with Gasteiger partial charge < -0.3 is 14.9 Å². The molecule has 0 spiro atoms. The Hall–Kier alpha value is -2.39. The molecule has 1 heterocycles. The van der Waals surface area contributed by atoms with Crippen LogP contribution in [0.5, 0.6) is 0 Å². The predicted molar refractivity (Wildman–Crippen MR) is 101 cm³/mol. The van der Waals surface area contributed by atoms with Crippen LogP contribution >= 0.6 is 11.6 Å². The average Bonchev–Trinajstić information content (AvgIpc) is 3.03. The van der Waals surface area contributed by atoms with Crippen LogP contribution in [0.2, 0.25) is 5.02 Å². The van der Waals surface area contributed by atoms with Crippen molar-refractivity contribution in [2.75, 3.05) is 27.2 Å². The van der Waals surface area contributed by atoms with E-state index >= 15 is 0 Å². The summed E-state index contributed by atoms with van der Waals surface area (Å²) in [5.41, 5.74) is 2.68. The Kier molecular flexibility index (Phi) is 5.28. The van der Waals surface area contributed by atoms with E-state index in [1.807, 2.05) is 49.3 Å². The van der Waals surface area contributed by atoms with E-state index in [-0.39, 0.29) is 11.9 Å². The summed E-state index contributed by atoms with van der Waals surface area (Å²) in [6, 6.07) is 14.5. The lowest BCUT2D eigenvalue weighted by molar-refractivity contribution is 0.0764. The van der Waals surface area contributed by atoms with Crippen LogP contribution in [0.3, 0.4) is 0 Å². The Bertz CT molecular complexity index is 876. The van der Waals surface area contributed by atoms with E-state index in [0.29, 0.717) is 29.2 Å². The zero-order valence-corrected chi connectivity index (χ0v) is 15.4. The molecule has 2 aromatic rings. The summed E-state index contributed by atoms with van der Waals surface area (Å²) in [5, 5.41) is 19.5. The average molecular weight is 370 g/mol. The molecule has 1 amide bonds. The maximum Gasteiger partial charge on any atom is 0.254 e. The fourth-order valence-corrected chi connectivity index (χ4v) is 3.47.